The first-order chi connectivity index (χ1) is 19.5. The highest BCUT2D eigenvalue weighted by atomic mass is 35.5. The van der Waals surface area contributed by atoms with Crippen LogP contribution in [-0.4, -0.2) is 61.1 Å². The van der Waals surface area contributed by atoms with Crippen molar-refractivity contribution < 1.29 is 14.3 Å². The molecular formula is C30H30ClFN6O3. The van der Waals surface area contributed by atoms with E-state index in [9.17, 15) is 14.7 Å². The molecule has 1 aromatic carbocycles. The minimum Gasteiger partial charge on any atom is -0.507 e. The van der Waals surface area contributed by atoms with E-state index in [1.165, 1.54) is 28.8 Å². The average molecular weight is 577 g/mol. The summed E-state index contributed by atoms with van der Waals surface area (Å²) in [5, 5.41) is 11.1. The number of phenolic OH excluding ortho intramolecular Hbond substituents is 1. The van der Waals surface area contributed by atoms with Crippen molar-refractivity contribution in [1.29, 1.82) is 0 Å². The quantitative estimate of drug-likeness (QED) is 0.334. The molecule has 3 aromatic heterocycles. The van der Waals surface area contributed by atoms with E-state index < -0.39 is 11.5 Å². The van der Waals surface area contributed by atoms with Crippen molar-refractivity contribution in [2.24, 2.45) is 0 Å². The number of aromatic hydroxyl groups is 1. The van der Waals surface area contributed by atoms with E-state index in [0.29, 0.717) is 42.2 Å². The second-order valence-corrected chi connectivity index (χ2v) is 10.8. The lowest BCUT2D eigenvalue weighted by Gasteiger charge is -2.40. The van der Waals surface area contributed by atoms with Gasteiger partial charge in [0, 0.05) is 31.9 Å². The number of aryl methyl sites for hydroxylation is 1. The Hall–Kier alpha value is -4.31. The molecule has 1 aliphatic rings. The normalized spacial score (nSPS) is 15.5. The molecule has 11 heteroatoms. The van der Waals surface area contributed by atoms with Crippen molar-refractivity contribution in [3.05, 3.63) is 81.8 Å². The number of fused-ring (bicyclic) bond motifs is 1. The molecule has 4 aromatic rings. The Morgan fingerprint density at radius 3 is 2.66 bits per heavy atom. The summed E-state index contributed by atoms with van der Waals surface area (Å²) in [5.41, 5.74) is 1.39. The van der Waals surface area contributed by atoms with Crippen molar-refractivity contribution in [2.75, 3.05) is 24.5 Å². The number of nitrogens with zero attached hydrogens (tertiary/aromatic N) is 6. The fraction of sp³-hybridized carbons (Fsp3) is 0.300. The van der Waals surface area contributed by atoms with Crippen LogP contribution in [0, 0.1) is 12.7 Å². The monoisotopic (exact) mass is 576 g/mol. The largest absolute Gasteiger partial charge is 0.507 e. The van der Waals surface area contributed by atoms with Gasteiger partial charge in [-0.15, -0.1) is 0 Å². The van der Waals surface area contributed by atoms with Crippen LogP contribution in [0.4, 0.5) is 10.2 Å². The number of rotatable bonds is 5. The summed E-state index contributed by atoms with van der Waals surface area (Å²) in [6.45, 7) is 12.5. The van der Waals surface area contributed by atoms with Crippen LogP contribution < -0.4 is 10.6 Å². The maximum atomic E-state index is 15.0. The maximum absolute atomic E-state index is 15.0. The van der Waals surface area contributed by atoms with Gasteiger partial charge in [0.1, 0.15) is 17.4 Å². The van der Waals surface area contributed by atoms with E-state index in [0.717, 1.165) is 5.56 Å². The molecular weight excluding hydrogens is 547 g/mol. The van der Waals surface area contributed by atoms with E-state index in [1.54, 1.807) is 24.1 Å². The number of halogens is 2. The molecule has 0 spiro atoms. The third-order valence-electron chi connectivity index (χ3n) is 7.40. The number of pyridine rings is 2. The Labute approximate surface area is 241 Å². The average Bonchev–Trinajstić information content (AvgIpc) is 2.93. The molecule has 0 aliphatic carbocycles. The van der Waals surface area contributed by atoms with Crippen LogP contribution in [-0.2, 0) is 4.79 Å². The summed E-state index contributed by atoms with van der Waals surface area (Å²) >= 11 is 6.71. The lowest BCUT2D eigenvalue weighted by Crippen LogP contribution is -2.54. The SMILES string of the molecule is C=CC(=O)N1CCN(c2nc(=O)n(-c3c(C(C)C)ccnc3C)c3nc(-c4c(O)cccc4F)c(Cl)cc23)[C@@H](C)C1. The van der Waals surface area contributed by atoms with E-state index in [1.807, 2.05) is 31.7 Å². The van der Waals surface area contributed by atoms with Gasteiger partial charge in [-0.25, -0.2) is 18.7 Å². The number of carbonyl (C=O) groups is 1. The second-order valence-electron chi connectivity index (χ2n) is 10.4. The zero-order chi connectivity index (χ0) is 29.6. The van der Waals surface area contributed by atoms with Crippen LogP contribution in [0.15, 0.2) is 54.0 Å². The minimum atomic E-state index is -0.709. The van der Waals surface area contributed by atoms with E-state index >= 15 is 4.39 Å². The van der Waals surface area contributed by atoms with Crippen LogP contribution in [0.1, 0.15) is 37.9 Å². The lowest BCUT2D eigenvalue weighted by atomic mass is 10.0. The highest BCUT2D eigenvalue weighted by molar-refractivity contribution is 6.34. The number of carbonyl (C=O) groups excluding carboxylic acids is 1. The Balaban J connectivity index is 1.83. The van der Waals surface area contributed by atoms with Gasteiger partial charge in [-0.05, 0) is 55.7 Å². The molecule has 0 unspecified atom stereocenters. The number of phenols is 1. The number of benzene rings is 1. The van der Waals surface area contributed by atoms with Crippen LogP contribution >= 0.6 is 11.6 Å². The van der Waals surface area contributed by atoms with Gasteiger partial charge < -0.3 is 14.9 Å². The molecule has 1 fully saturated rings. The highest BCUT2D eigenvalue weighted by Crippen LogP contribution is 2.39. The van der Waals surface area contributed by atoms with Crippen molar-refractivity contribution in [3.63, 3.8) is 0 Å². The Morgan fingerprint density at radius 1 is 1.24 bits per heavy atom. The Bertz CT molecular complexity index is 1730. The zero-order valence-corrected chi connectivity index (χ0v) is 24.0. The fourth-order valence-electron chi connectivity index (χ4n) is 5.39. The molecule has 1 atom stereocenters. The highest BCUT2D eigenvalue weighted by Gasteiger charge is 2.30. The summed E-state index contributed by atoms with van der Waals surface area (Å²) in [7, 11) is 0. The molecule has 4 heterocycles. The predicted octanol–water partition coefficient (Wildman–Crippen LogP) is 5.00. The van der Waals surface area contributed by atoms with Gasteiger partial charge >= 0.3 is 5.69 Å². The van der Waals surface area contributed by atoms with E-state index in [2.05, 4.69) is 16.5 Å². The smallest absolute Gasteiger partial charge is 0.355 e. The molecule has 1 aliphatic heterocycles. The summed E-state index contributed by atoms with van der Waals surface area (Å²) in [5.74, 6) is -0.827. The van der Waals surface area contributed by atoms with Crippen LogP contribution in [0.3, 0.4) is 0 Å². The van der Waals surface area contributed by atoms with Gasteiger partial charge in [-0.1, -0.05) is 38.1 Å². The van der Waals surface area contributed by atoms with Crippen molar-refractivity contribution in [1.82, 2.24) is 24.4 Å². The first-order valence-electron chi connectivity index (χ1n) is 13.3. The predicted molar refractivity (Wildman–Crippen MR) is 157 cm³/mol. The van der Waals surface area contributed by atoms with Gasteiger partial charge in [-0.3, -0.25) is 9.78 Å². The summed E-state index contributed by atoms with van der Waals surface area (Å²) < 4.78 is 16.4. The summed E-state index contributed by atoms with van der Waals surface area (Å²) in [6.07, 6.45) is 2.96. The van der Waals surface area contributed by atoms with Gasteiger partial charge in [-0.2, -0.15) is 4.98 Å². The van der Waals surface area contributed by atoms with Gasteiger partial charge in [0.2, 0.25) is 5.91 Å². The van der Waals surface area contributed by atoms with Crippen LogP contribution in [0.5, 0.6) is 5.75 Å². The number of piperazine rings is 1. The number of hydrogen-bond donors (Lipinski definition) is 1. The molecule has 1 saturated heterocycles. The second kappa shape index (κ2) is 10.9. The summed E-state index contributed by atoms with van der Waals surface area (Å²) in [4.78, 5) is 43.5. The third kappa shape index (κ3) is 4.93. The number of anilines is 1. The summed E-state index contributed by atoms with van der Waals surface area (Å²) in [6, 6.07) is 7.18. The topological polar surface area (TPSA) is 104 Å². The van der Waals surface area contributed by atoms with Crippen molar-refractivity contribution >= 4 is 34.4 Å². The molecule has 212 valence electrons. The maximum Gasteiger partial charge on any atom is 0.355 e. The minimum absolute atomic E-state index is 0.0119. The lowest BCUT2D eigenvalue weighted by molar-refractivity contribution is -0.126. The molecule has 5 rings (SSSR count). The van der Waals surface area contributed by atoms with E-state index in [4.69, 9.17) is 16.6 Å². The number of amides is 1. The molecule has 0 bridgehead atoms. The van der Waals surface area contributed by atoms with Gasteiger partial charge in [0.05, 0.1) is 33.0 Å². The Morgan fingerprint density at radius 2 is 2.00 bits per heavy atom. The molecule has 0 saturated carbocycles. The van der Waals surface area contributed by atoms with Gasteiger partial charge in [0.15, 0.2) is 5.65 Å². The van der Waals surface area contributed by atoms with Gasteiger partial charge in [0.25, 0.3) is 0 Å². The Kier molecular flexibility index (Phi) is 7.52. The molecule has 1 amide bonds. The fourth-order valence-corrected chi connectivity index (χ4v) is 5.63. The standard InChI is InChI=1S/C30H30ClFN6O3/c1-6-24(40)36-12-13-37(17(4)15-36)28-20-14-21(31)26(25-22(32)8-7-9-23(25)39)34-29(20)38(30(41)35-28)27-18(5)33-11-10-19(27)16(2)3/h6-11,14,16-17,39H,1,12-13,15H2,2-5H3/t17-/m0/s1. The first kappa shape index (κ1) is 28.2. The number of aromatic nitrogens is 4. The van der Waals surface area contributed by atoms with Crippen LogP contribution in [0.25, 0.3) is 28.0 Å². The number of hydrogen-bond acceptors (Lipinski definition) is 7. The molecule has 9 nitrogen and oxygen atoms in total. The molecule has 41 heavy (non-hydrogen) atoms. The van der Waals surface area contributed by atoms with Crippen molar-refractivity contribution in [3.8, 4) is 22.7 Å². The zero-order valence-electron chi connectivity index (χ0n) is 23.2. The first-order valence-corrected chi connectivity index (χ1v) is 13.7. The third-order valence-corrected chi connectivity index (χ3v) is 7.69. The van der Waals surface area contributed by atoms with Crippen molar-refractivity contribution in [2.45, 2.75) is 39.7 Å². The van der Waals surface area contributed by atoms with Crippen LogP contribution in [0.2, 0.25) is 5.02 Å². The van der Waals surface area contributed by atoms with E-state index in [-0.39, 0.29) is 45.5 Å². The molecule has 1 N–H and O–H groups in total. The molecule has 0 radical (unpaired) electrons.